The summed E-state index contributed by atoms with van der Waals surface area (Å²) in [6.07, 6.45) is 2.92. The van der Waals surface area contributed by atoms with E-state index in [0.29, 0.717) is 12.0 Å². The number of carboxylic acids is 1. The molecule has 0 radical (unpaired) electrons. The van der Waals surface area contributed by atoms with E-state index in [4.69, 9.17) is 16.3 Å². The monoisotopic (exact) mass is 438 g/mol. The predicted molar refractivity (Wildman–Crippen MR) is 114 cm³/mol. The minimum atomic E-state index is -1.27. The number of rotatable bonds is 10. The second-order valence-electron chi connectivity index (χ2n) is 8.20. The van der Waals surface area contributed by atoms with Gasteiger partial charge >= 0.3 is 11.9 Å². The van der Waals surface area contributed by atoms with Gasteiger partial charge in [0.25, 0.3) is 0 Å². The fraction of sp³-hybridized carbons (Fsp3) is 0.565. The van der Waals surface area contributed by atoms with E-state index in [1.54, 1.807) is 43.3 Å². The van der Waals surface area contributed by atoms with Crippen LogP contribution in [0.3, 0.4) is 0 Å². The van der Waals surface area contributed by atoms with Crippen molar-refractivity contribution >= 4 is 23.5 Å². The van der Waals surface area contributed by atoms with Crippen molar-refractivity contribution in [2.45, 2.75) is 70.2 Å². The molecule has 0 unspecified atom stereocenters. The van der Waals surface area contributed by atoms with Crippen LogP contribution in [-0.2, 0) is 9.53 Å². The Hall–Kier alpha value is -1.89. The number of aliphatic hydroxyl groups excluding tert-OH is 1. The maximum atomic E-state index is 12.5. The van der Waals surface area contributed by atoms with Gasteiger partial charge in [0, 0.05) is 23.3 Å². The lowest BCUT2D eigenvalue weighted by Gasteiger charge is -2.27. The van der Waals surface area contributed by atoms with Gasteiger partial charge in [0.2, 0.25) is 0 Å². The third kappa shape index (κ3) is 6.56. The number of benzene rings is 1. The van der Waals surface area contributed by atoms with E-state index < -0.39 is 41.6 Å². The van der Waals surface area contributed by atoms with E-state index in [1.807, 2.05) is 0 Å². The Labute approximate surface area is 182 Å². The van der Waals surface area contributed by atoms with E-state index in [9.17, 15) is 24.9 Å². The number of unbranched alkanes of at least 4 members (excludes halogenated alkanes) is 2. The molecule has 6 nitrogen and oxygen atoms in total. The molecule has 0 aromatic heterocycles. The van der Waals surface area contributed by atoms with Gasteiger partial charge in [-0.25, -0.2) is 4.79 Å². The molecule has 2 rings (SSSR count). The Bertz CT molecular complexity index is 745. The number of carbonyl (C=O) groups is 2. The van der Waals surface area contributed by atoms with Gasteiger partial charge in [-0.3, -0.25) is 4.79 Å². The molecule has 166 valence electrons. The normalized spacial score (nSPS) is 26.2. The number of hydrogen-bond donors (Lipinski definition) is 3. The maximum Gasteiger partial charge on any atom is 0.338 e. The lowest BCUT2D eigenvalue weighted by molar-refractivity contribution is -0.139. The largest absolute Gasteiger partial charge is 0.481 e. The lowest BCUT2D eigenvalue weighted by Crippen LogP contribution is -2.29. The van der Waals surface area contributed by atoms with Crippen LogP contribution in [0.25, 0.3) is 0 Å². The van der Waals surface area contributed by atoms with Crippen LogP contribution in [0.1, 0.15) is 62.7 Å². The summed E-state index contributed by atoms with van der Waals surface area (Å²) in [6, 6.07) is 8.46. The van der Waals surface area contributed by atoms with Crippen molar-refractivity contribution in [1.82, 2.24) is 0 Å². The molecular formula is C23H31ClO6. The van der Waals surface area contributed by atoms with Gasteiger partial charge in [-0.1, -0.05) is 62.1 Å². The standard InChI is InChI=1S/C23H31ClO6/c1-3-4-8-11-23(2,29)20(24)12-17-16(13-21(26)27)18(25)14-19(17)30-22(28)15-9-6-5-7-10-15/h5-7,9-10,12,16-19,25,29H,3-4,8,11,13-14H2,1-2H3,(H,26,27)/t16-,17-,18+,19-,23+/m1/s1. The van der Waals surface area contributed by atoms with E-state index in [1.165, 1.54) is 0 Å². The van der Waals surface area contributed by atoms with Crippen LogP contribution in [0.4, 0.5) is 0 Å². The summed E-state index contributed by atoms with van der Waals surface area (Å²) in [5, 5.41) is 30.7. The summed E-state index contributed by atoms with van der Waals surface area (Å²) < 4.78 is 5.63. The molecule has 5 atom stereocenters. The predicted octanol–water partition coefficient (Wildman–Crippen LogP) is 4.14. The summed E-state index contributed by atoms with van der Waals surface area (Å²) in [7, 11) is 0. The fourth-order valence-corrected chi connectivity index (χ4v) is 4.14. The van der Waals surface area contributed by atoms with Crippen LogP contribution in [0, 0.1) is 11.8 Å². The van der Waals surface area contributed by atoms with Gasteiger partial charge in [-0.15, -0.1) is 0 Å². The van der Waals surface area contributed by atoms with Crippen molar-refractivity contribution in [2.24, 2.45) is 11.8 Å². The molecule has 0 bridgehead atoms. The highest BCUT2D eigenvalue weighted by Crippen LogP contribution is 2.41. The van der Waals surface area contributed by atoms with Crippen LogP contribution < -0.4 is 0 Å². The van der Waals surface area contributed by atoms with Crippen molar-refractivity contribution in [3.63, 3.8) is 0 Å². The van der Waals surface area contributed by atoms with Crippen LogP contribution in [0.2, 0.25) is 0 Å². The maximum absolute atomic E-state index is 12.5. The number of carboxylic acid groups (broad SMARTS) is 1. The molecule has 0 spiro atoms. The topological polar surface area (TPSA) is 104 Å². The van der Waals surface area contributed by atoms with Gasteiger partial charge in [0.1, 0.15) is 6.10 Å². The molecule has 1 aromatic rings. The van der Waals surface area contributed by atoms with E-state index >= 15 is 0 Å². The van der Waals surface area contributed by atoms with Crippen LogP contribution >= 0.6 is 11.6 Å². The first-order chi connectivity index (χ1) is 14.2. The summed E-state index contributed by atoms with van der Waals surface area (Å²) in [4.78, 5) is 23.8. The van der Waals surface area contributed by atoms with Crippen molar-refractivity contribution in [1.29, 1.82) is 0 Å². The summed E-state index contributed by atoms with van der Waals surface area (Å²) >= 11 is 6.44. The minimum Gasteiger partial charge on any atom is -0.481 e. The number of hydrogen-bond acceptors (Lipinski definition) is 5. The molecule has 7 heteroatoms. The molecule has 3 N–H and O–H groups in total. The van der Waals surface area contributed by atoms with E-state index in [0.717, 1.165) is 19.3 Å². The molecule has 0 saturated heterocycles. The number of esters is 1. The van der Waals surface area contributed by atoms with Crippen LogP contribution in [-0.4, -0.2) is 45.1 Å². The average molecular weight is 439 g/mol. The van der Waals surface area contributed by atoms with Crippen LogP contribution in [0.5, 0.6) is 0 Å². The van der Waals surface area contributed by atoms with Gasteiger partial charge in [-0.2, -0.15) is 0 Å². The number of aliphatic hydroxyl groups is 2. The molecule has 1 saturated carbocycles. The first kappa shape index (κ1) is 24.4. The van der Waals surface area contributed by atoms with Gasteiger partial charge in [0.15, 0.2) is 0 Å². The molecule has 1 aliphatic carbocycles. The molecule has 1 aromatic carbocycles. The minimum absolute atomic E-state index is 0.111. The number of carbonyl (C=O) groups excluding carboxylic acids is 1. The molecule has 1 fully saturated rings. The van der Waals surface area contributed by atoms with Gasteiger partial charge in [-0.05, 0) is 25.5 Å². The summed E-state index contributed by atoms with van der Waals surface area (Å²) in [5.74, 6) is -2.89. The van der Waals surface area contributed by atoms with E-state index in [-0.39, 0.29) is 17.9 Å². The quantitative estimate of drug-likeness (QED) is 0.374. The highest BCUT2D eigenvalue weighted by Gasteiger charge is 2.45. The third-order valence-electron chi connectivity index (χ3n) is 5.69. The van der Waals surface area contributed by atoms with Gasteiger partial charge in [0.05, 0.1) is 23.7 Å². The fourth-order valence-electron chi connectivity index (χ4n) is 3.90. The summed E-state index contributed by atoms with van der Waals surface area (Å²) in [5.41, 5.74) is -0.902. The second-order valence-corrected chi connectivity index (χ2v) is 8.60. The van der Waals surface area contributed by atoms with E-state index in [2.05, 4.69) is 6.92 Å². The van der Waals surface area contributed by atoms with Crippen molar-refractivity contribution in [3.8, 4) is 0 Å². The van der Waals surface area contributed by atoms with Crippen LogP contribution in [0.15, 0.2) is 41.4 Å². The Morgan fingerprint density at radius 1 is 1.27 bits per heavy atom. The van der Waals surface area contributed by atoms with Crippen molar-refractivity contribution in [2.75, 3.05) is 0 Å². The molecule has 0 aliphatic heterocycles. The number of halogens is 1. The Morgan fingerprint density at radius 2 is 1.93 bits per heavy atom. The van der Waals surface area contributed by atoms with Crippen molar-refractivity contribution in [3.05, 3.63) is 47.0 Å². The first-order valence-corrected chi connectivity index (χ1v) is 10.8. The highest BCUT2D eigenvalue weighted by atomic mass is 35.5. The number of aliphatic carboxylic acids is 1. The zero-order valence-electron chi connectivity index (χ0n) is 17.5. The Morgan fingerprint density at radius 3 is 2.53 bits per heavy atom. The molecule has 1 aliphatic rings. The number of ether oxygens (including phenoxy) is 1. The second kappa shape index (κ2) is 10.9. The van der Waals surface area contributed by atoms with Crippen molar-refractivity contribution < 1.29 is 29.6 Å². The molecule has 0 heterocycles. The lowest BCUT2D eigenvalue weighted by atomic mass is 9.87. The van der Waals surface area contributed by atoms with Gasteiger partial charge < -0.3 is 20.1 Å². The highest BCUT2D eigenvalue weighted by molar-refractivity contribution is 6.30. The zero-order valence-corrected chi connectivity index (χ0v) is 18.2. The SMILES string of the molecule is CCCCC[C@](C)(O)C(Cl)=C[C@@H]1[C@@H](CC(=O)O)[C@@H](O)C[C@H]1OC(=O)c1ccccc1. The molecular weight excluding hydrogens is 408 g/mol. The third-order valence-corrected chi connectivity index (χ3v) is 6.22. The summed E-state index contributed by atoms with van der Waals surface area (Å²) in [6.45, 7) is 3.68. The zero-order chi connectivity index (χ0) is 22.3. The molecule has 30 heavy (non-hydrogen) atoms. The Balaban J connectivity index is 2.25. The molecule has 0 amide bonds. The smallest absolute Gasteiger partial charge is 0.338 e. The Kier molecular flexibility index (Phi) is 8.89. The first-order valence-electron chi connectivity index (χ1n) is 10.4. The average Bonchev–Trinajstić information content (AvgIpc) is 2.96.